The third-order valence-electron chi connectivity index (χ3n) is 6.39. The molecule has 8 heteroatoms. The number of aliphatic carboxylic acids is 1. The van der Waals surface area contributed by atoms with Gasteiger partial charge in [0.05, 0.1) is 5.92 Å². The van der Waals surface area contributed by atoms with Crippen LogP contribution in [0.3, 0.4) is 0 Å². The molecule has 2 heterocycles. The zero-order chi connectivity index (χ0) is 23.3. The molecule has 2 aliphatic heterocycles. The summed E-state index contributed by atoms with van der Waals surface area (Å²) in [6, 6.07) is 5.10. The van der Waals surface area contributed by atoms with Gasteiger partial charge in [-0.3, -0.25) is 24.7 Å². The first kappa shape index (κ1) is 23.9. The van der Waals surface area contributed by atoms with Crippen molar-refractivity contribution in [3.8, 4) is 0 Å². The number of carbonyl (C=O) groups excluding carboxylic acids is 2. The number of hydrogen-bond acceptors (Lipinski definition) is 5. The number of fused-ring (bicyclic) bond motifs is 1. The van der Waals surface area contributed by atoms with Crippen molar-refractivity contribution in [3.63, 3.8) is 0 Å². The van der Waals surface area contributed by atoms with Gasteiger partial charge in [0.1, 0.15) is 6.17 Å². The second-order valence-corrected chi connectivity index (χ2v) is 8.91. The largest absolute Gasteiger partial charge is 0.481 e. The SMILES string of the molecule is CCCC1CCC=NC1NC[C@@H](C)N1Cc2ccc(C(=O)NC[C@H](C)C(=O)O)cc2C1=O. The van der Waals surface area contributed by atoms with E-state index in [2.05, 4.69) is 22.5 Å². The van der Waals surface area contributed by atoms with E-state index in [1.807, 2.05) is 24.1 Å². The van der Waals surface area contributed by atoms with Crippen LogP contribution in [0.5, 0.6) is 0 Å². The Hall–Kier alpha value is -2.74. The van der Waals surface area contributed by atoms with Crippen LogP contribution in [0, 0.1) is 11.8 Å². The molecule has 32 heavy (non-hydrogen) atoms. The highest BCUT2D eigenvalue weighted by atomic mass is 16.4. The molecule has 1 aromatic rings. The standard InChI is InChI=1S/C24H34N4O4/c1-4-6-17-7-5-10-25-21(17)26-13-16(3)28-14-19-9-8-18(11-20(19)23(28)30)22(29)27-12-15(2)24(31)32/h8-11,15-17,21,26H,4-7,12-14H2,1-3H3,(H,27,29)(H,31,32)/t15-,16+,17?,21?/m0/s1. The molecule has 1 aromatic carbocycles. The number of rotatable bonds is 10. The Labute approximate surface area is 189 Å². The fourth-order valence-corrected chi connectivity index (χ4v) is 4.31. The molecule has 2 unspecified atom stereocenters. The second-order valence-electron chi connectivity index (χ2n) is 8.91. The molecule has 0 bridgehead atoms. The highest BCUT2D eigenvalue weighted by Crippen LogP contribution is 2.26. The third kappa shape index (κ3) is 5.54. The van der Waals surface area contributed by atoms with Crippen molar-refractivity contribution in [2.24, 2.45) is 16.8 Å². The van der Waals surface area contributed by atoms with Crippen LogP contribution in [0.25, 0.3) is 0 Å². The molecule has 2 aliphatic rings. The Morgan fingerprint density at radius 2 is 2.06 bits per heavy atom. The molecule has 8 nitrogen and oxygen atoms in total. The van der Waals surface area contributed by atoms with Gasteiger partial charge in [0.2, 0.25) is 0 Å². The lowest BCUT2D eigenvalue weighted by molar-refractivity contribution is -0.140. The number of aliphatic imine (C=N–C) groups is 1. The van der Waals surface area contributed by atoms with Crippen LogP contribution >= 0.6 is 0 Å². The van der Waals surface area contributed by atoms with E-state index in [4.69, 9.17) is 5.11 Å². The normalized spacial score (nSPS) is 21.8. The maximum Gasteiger partial charge on any atom is 0.308 e. The van der Waals surface area contributed by atoms with Gasteiger partial charge in [0.15, 0.2) is 0 Å². The Morgan fingerprint density at radius 1 is 1.28 bits per heavy atom. The molecule has 0 fully saturated rings. The van der Waals surface area contributed by atoms with Gasteiger partial charge in [-0.1, -0.05) is 26.3 Å². The number of nitrogens with zero attached hydrogens (tertiary/aromatic N) is 2. The van der Waals surface area contributed by atoms with E-state index < -0.39 is 11.9 Å². The lowest BCUT2D eigenvalue weighted by Gasteiger charge is -2.31. The Kier molecular flexibility index (Phi) is 8.01. The van der Waals surface area contributed by atoms with Gasteiger partial charge in [-0.05, 0) is 49.8 Å². The number of carboxylic acid groups (broad SMARTS) is 1. The maximum atomic E-state index is 13.0. The van der Waals surface area contributed by atoms with Gasteiger partial charge in [-0.25, -0.2) is 0 Å². The smallest absolute Gasteiger partial charge is 0.308 e. The molecule has 0 radical (unpaired) electrons. The minimum atomic E-state index is -0.965. The van der Waals surface area contributed by atoms with E-state index in [1.54, 1.807) is 12.1 Å². The number of hydrogen-bond donors (Lipinski definition) is 3. The molecule has 0 saturated carbocycles. The molecule has 0 spiro atoms. The summed E-state index contributed by atoms with van der Waals surface area (Å²) in [6.45, 7) is 6.96. The average Bonchev–Trinajstić information content (AvgIpc) is 3.12. The average molecular weight is 443 g/mol. The van der Waals surface area contributed by atoms with Crippen molar-refractivity contribution in [1.82, 2.24) is 15.5 Å². The van der Waals surface area contributed by atoms with Crippen LogP contribution in [-0.4, -0.2) is 59.3 Å². The van der Waals surface area contributed by atoms with Crippen LogP contribution < -0.4 is 10.6 Å². The first-order chi connectivity index (χ1) is 15.3. The quantitative estimate of drug-likeness (QED) is 0.516. The lowest BCUT2D eigenvalue weighted by atomic mass is 9.93. The van der Waals surface area contributed by atoms with E-state index in [0.29, 0.717) is 30.1 Å². The third-order valence-corrected chi connectivity index (χ3v) is 6.39. The predicted molar refractivity (Wildman–Crippen MR) is 123 cm³/mol. The number of benzene rings is 1. The molecule has 174 valence electrons. The van der Waals surface area contributed by atoms with Gasteiger partial charge in [-0.15, -0.1) is 0 Å². The predicted octanol–water partition coefficient (Wildman–Crippen LogP) is 2.68. The number of carboxylic acids is 1. The summed E-state index contributed by atoms with van der Waals surface area (Å²) in [5.74, 6) is -1.57. The first-order valence-electron chi connectivity index (χ1n) is 11.5. The molecule has 0 aliphatic carbocycles. The van der Waals surface area contributed by atoms with Crippen LogP contribution in [0.1, 0.15) is 72.7 Å². The molecule has 0 aromatic heterocycles. The van der Waals surface area contributed by atoms with Crippen LogP contribution in [-0.2, 0) is 11.3 Å². The van der Waals surface area contributed by atoms with Gasteiger partial charge in [-0.2, -0.15) is 0 Å². The number of nitrogens with one attached hydrogen (secondary N) is 2. The zero-order valence-electron chi connectivity index (χ0n) is 19.1. The molecular formula is C24H34N4O4. The van der Waals surface area contributed by atoms with E-state index in [-0.39, 0.29) is 30.6 Å². The van der Waals surface area contributed by atoms with Crippen molar-refractivity contribution in [1.29, 1.82) is 0 Å². The minimum absolute atomic E-state index is 0.0111. The van der Waals surface area contributed by atoms with Crippen LogP contribution in [0.15, 0.2) is 23.2 Å². The van der Waals surface area contributed by atoms with Gasteiger partial charge in [0, 0.05) is 43.0 Å². The van der Waals surface area contributed by atoms with Gasteiger partial charge < -0.3 is 15.3 Å². The number of carbonyl (C=O) groups is 3. The van der Waals surface area contributed by atoms with Crippen LogP contribution in [0.4, 0.5) is 0 Å². The molecule has 0 saturated heterocycles. The van der Waals surface area contributed by atoms with Crippen molar-refractivity contribution >= 4 is 24.0 Å². The second kappa shape index (κ2) is 10.7. The molecule has 2 amide bonds. The minimum Gasteiger partial charge on any atom is -0.481 e. The molecule has 4 atom stereocenters. The van der Waals surface area contributed by atoms with Crippen molar-refractivity contribution in [2.75, 3.05) is 13.1 Å². The summed E-state index contributed by atoms with van der Waals surface area (Å²) in [6.07, 6.45) is 6.56. The molecular weight excluding hydrogens is 408 g/mol. The Morgan fingerprint density at radius 3 is 2.78 bits per heavy atom. The van der Waals surface area contributed by atoms with Gasteiger partial charge >= 0.3 is 5.97 Å². The topological polar surface area (TPSA) is 111 Å². The maximum absolute atomic E-state index is 13.0. The van der Waals surface area contributed by atoms with Crippen LogP contribution in [0.2, 0.25) is 0 Å². The Balaban J connectivity index is 1.59. The van der Waals surface area contributed by atoms with E-state index in [9.17, 15) is 14.4 Å². The number of amides is 2. The summed E-state index contributed by atoms with van der Waals surface area (Å²) >= 11 is 0. The molecule has 3 rings (SSSR count). The monoisotopic (exact) mass is 442 g/mol. The summed E-state index contributed by atoms with van der Waals surface area (Å²) in [7, 11) is 0. The van der Waals surface area contributed by atoms with E-state index >= 15 is 0 Å². The fraction of sp³-hybridized carbons (Fsp3) is 0.583. The van der Waals surface area contributed by atoms with E-state index in [1.165, 1.54) is 6.92 Å². The van der Waals surface area contributed by atoms with Gasteiger partial charge in [0.25, 0.3) is 11.8 Å². The molecule has 3 N–H and O–H groups in total. The van der Waals surface area contributed by atoms with Crippen molar-refractivity contribution in [2.45, 2.75) is 65.2 Å². The summed E-state index contributed by atoms with van der Waals surface area (Å²) < 4.78 is 0. The highest BCUT2D eigenvalue weighted by molar-refractivity contribution is 6.02. The summed E-state index contributed by atoms with van der Waals surface area (Å²) in [5, 5.41) is 15.1. The zero-order valence-corrected chi connectivity index (χ0v) is 19.1. The summed E-state index contributed by atoms with van der Waals surface area (Å²) in [5.41, 5.74) is 1.80. The van der Waals surface area contributed by atoms with E-state index in [0.717, 1.165) is 31.2 Å². The fourth-order valence-electron chi connectivity index (χ4n) is 4.31. The van der Waals surface area contributed by atoms with Crippen molar-refractivity contribution < 1.29 is 19.5 Å². The van der Waals surface area contributed by atoms with Crippen molar-refractivity contribution in [3.05, 3.63) is 34.9 Å². The highest BCUT2D eigenvalue weighted by Gasteiger charge is 2.32. The lowest BCUT2D eigenvalue weighted by Crippen LogP contribution is -2.46. The first-order valence-corrected chi connectivity index (χ1v) is 11.5. The Bertz CT molecular complexity index is 885. The summed E-state index contributed by atoms with van der Waals surface area (Å²) in [4.78, 5) is 42.8.